The number of hydrogen-bond donors (Lipinski definition) is 1. The number of nitrogens with one attached hydrogen (secondary N) is 1. The van der Waals surface area contributed by atoms with Gasteiger partial charge in [0.25, 0.3) is 0 Å². The van der Waals surface area contributed by atoms with Crippen molar-refractivity contribution in [1.82, 2.24) is 9.55 Å². The van der Waals surface area contributed by atoms with Crippen LogP contribution >= 0.6 is 0 Å². The van der Waals surface area contributed by atoms with Gasteiger partial charge in [0.1, 0.15) is 6.54 Å². The van der Waals surface area contributed by atoms with Gasteiger partial charge in [-0.2, -0.15) is 0 Å². The molecule has 25 heavy (non-hydrogen) atoms. The molecule has 0 saturated carbocycles. The molecule has 0 aliphatic rings. The number of sulfone groups is 1. The van der Waals surface area contributed by atoms with Crippen LogP contribution in [-0.2, 0) is 21.2 Å². The van der Waals surface area contributed by atoms with E-state index in [9.17, 15) is 22.0 Å². The molecule has 3 rings (SSSR count). The zero-order chi connectivity index (χ0) is 18.2. The number of hydrogen-bond acceptors (Lipinski definition) is 4. The third kappa shape index (κ3) is 3.66. The lowest BCUT2D eigenvalue weighted by molar-refractivity contribution is -0.116. The minimum atomic E-state index is -3.31. The predicted octanol–water partition coefficient (Wildman–Crippen LogP) is 2.36. The van der Waals surface area contributed by atoms with E-state index in [0.717, 1.165) is 18.4 Å². The van der Waals surface area contributed by atoms with E-state index in [1.54, 1.807) is 0 Å². The maximum atomic E-state index is 13.4. The molecular formula is C16H13F2N3O3S. The number of carbonyl (C=O) groups excluding carboxylic acids is 1. The Labute approximate surface area is 142 Å². The van der Waals surface area contributed by atoms with E-state index < -0.39 is 27.4 Å². The van der Waals surface area contributed by atoms with Crippen molar-refractivity contribution in [3.8, 4) is 0 Å². The molecule has 9 heteroatoms. The van der Waals surface area contributed by atoms with Crippen LogP contribution in [0.1, 0.15) is 0 Å². The predicted molar refractivity (Wildman–Crippen MR) is 87.8 cm³/mol. The second-order valence-electron chi connectivity index (χ2n) is 5.47. The van der Waals surface area contributed by atoms with Crippen LogP contribution in [0.4, 0.5) is 14.5 Å². The number of rotatable bonds is 4. The summed E-state index contributed by atoms with van der Waals surface area (Å²) < 4.78 is 50.7. The normalized spacial score (nSPS) is 11.6. The van der Waals surface area contributed by atoms with Gasteiger partial charge in [-0.1, -0.05) is 0 Å². The Kier molecular flexibility index (Phi) is 4.25. The van der Waals surface area contributed by atoms with E-state index >= 15 is 0 Å². The highest BCUT2D eigenvalue weighted by Gasteiger charge is 2.12. The van der Waals surface area contributed by atoms with Gasteiger partial charge < -0.3 is 9.88 Å². The van der Waals surface area contributed by atoms with Gasteiger partial charge >= 0.3 is 0 Å². The van der Waals surface area contributed by atoms with Gasteiger partial charge in [-0.05, 0) is 24.3 Å². The molecule has 1 amide bonds. The van der Waals surface area contributed by atoms with Crippen molar-refractivity contribution < 1.29 is 22.0 Å². The molecule has 0 aliphatic heterocycles. The van der Waals surface area contributed by atoms with Crippen molar-refractivity contribution >= 4 is 32.5 Å². The van der Waals surface area contributed by atoms with Gasteiger partial charge in [0.05, 0.1) is 22.3 Å². The van der Waals surface area contributed by atoms with E-state index in [0.29, 0.717) is 11.2 Å². The number of aromatic nitrogens is 2. The molecule has 2 aromatic carbocycles. The van der Waals surface area contributed by atoms with Crippen LogP contribution in [0.2, 0.25) is 0 Å². The van der Waals surface area contributed by atoms with E-state index in [1.165, 1.54) is 35.2 Å². The highest BCUT2D eigenvalue weighted by Crippen LogP contribution is 2.18. The van der Waals surface area contributed by atoms with Crippen LogP contribution in [0, 0.1) is 11.6 Å². The van der Waals surface area contributed by atoms with Crippen molar-refractivity contribution in [3.63, 3.8) is 0 Å². The Morgan fingerprint density at radius 3 is 2.44 bits per heavy atom. The summed E-state index contributed by atoms with van der Waals surface area (Å²) in [4.78, 5) is 16.2. The van der Waals surface area contributed by atoms with Crippen molar-refractivity contribution in [2.45, 2.75) is 11.4 Å². The average Bonchev–Trinajstić information content (AvgIpc) is 2.89. The van der Waals surface area contributed by atoms with E-state index in [2.05, 4.69) is 10.3 Å². The second-order valence-corrected chi connectivity index (χ2v) is 7.49. The Morgan fingerprint density at radius 2 is 1.80 bits per heavy atom. The zero-order valence-corrected chi connectivity index (χ0v) is 13.8. The number of carbonyl (C=O) groups is 1. The molecule has 0 spiro atoms. The summed E-state index contributed by atoms with van der Waals surface area (Å²) in [5.41, 5.74) is 0.949. The van der Waals surface area contributed by atoms with Gasteiger partial charge in [0, 0.05) is 24.1 Å². The SMILES string of the molecule is CS(=O)(=O)c1ccc(NC(=O)Cn2cnc3cc(F)c(F)cc32)cc1. The van der Waals surface area contributed by atoms with Gasteiger partial charge in [-0.3, -0.25) is 4.79 Å². The summed E-state index contributed by atoms with van der Waals surface area (Å²) in [6, 6.07) is 7.64. The molecular weight excluding hydrogens is 352 g/mol. The summed E-state index contributed by atoms with van der Waals surface area (Å²) in [5, 5.41) is 2.60. The number of benzene rings is 2. The number of fused-ring (bicyclic) bond motifs is 1. The van der Waals surface area contributed by atoms with Gasteiger partial charge in [0.2, 0.25) is 5.91 Å². The fourth-order valence-corrected chi connectivity index (χ4v) is 2.95. The highest BCUT2D eigenvalue weighted by molar-refractivity contribution is 7.90. The van der Waals surface area contributed by atoms with Crippen LogP contribution in [0.3, 0.4) is 0 Å². The third-order valence-electron chi connectivity index (χ3n) is 3.54. The molecule has 0 unspecified atom stereocenters. The second kappa shape index (κ2) is 6.25. The molecule has 0 saturated heterocycles. The molecule has 3 aromatic rings. The van der Waals surface area contributed by atoms with Crippen molar-refractivity contribution in [2.24, 2.45) is 0 Å². The molecule has 1 aromatic heterocycles. The van der Waals surface area contributed by atoms with Crippen molar-refractivity contribution in [3.05, 3.63) is 54.4 Å². The zero-order valence-electron chi connectivity index (χ0n) is 13.0. The lowest BCUT2D eigenvalue weighted by Crippen LogP contribution is -2.18. The fourth-order valence-electron chi connectivity index (χ4n) is 2.32. The number of anilines is 1. The van der Waals surface area contributed by atoms with Crippen LogP contribution in [0.25, 0.3) is 11.0 Å². The molecule has 0 aliphatic carbocycles. The monoisotopic (exact) mass is 365 g/mol. The van der Waals surface area contributed by atoms with Gasteiger partial charge in [-0.25, -0.2) is 22.2 Å². The average molecular weight is 365 g/mol. The Hall–Kier alpha value is -2.81. The molecule has 1 N–H and O–H groups in total. The summed E-state index contributed by atoms with van der Waals surface area (Å²) in [7, 11) is -3.31. The van der Waals surface area contributed by atoms with Gasteiger partial charge in [-0.15, -0.1) is 0 Å². The minimum absolute atomic E-state index is 0.142. The fraction of sp³-hybridized carbons (Fsp3) is 0.125. The van der Waals surface area contributed by atoms with Crippen LogP contribution in [-0.4, -0.2) is 30.1 Å². The molecule has 1 heterocycles. The molecule has 6 nitrogen and oxygen atoms in total. The lowest BCUT2D eigenvalue weighted by atomic mass is 10.3. The largest absolute Gasteiger partial charge is 0.325 e. The first-order valence-corrected chi connectivity index (χ1v) is 9.03. The van der Waals surface area contributed by atoms with E-state index in [1.807, 2.05) is 0 Å². The molecule has 0 fully saturated rings. The first-order valence-electron chi connectivity index (χ1n) is 7.14. The smallest absolute Gasteiger partial charge is 0.244 e. The van der Waals surface area contributed by atoms with Crippen LogP contribution in [0.5, 0.6) is 0 Å². The highest BCUT2D eigenvalue weighted by atomic mass is 32.2. The molecule has 0 atom stereocenters. The minimum Gasteiger partial charge on any atom is -0.325 e. The standard InChI is InChI=1S/C16H13F2N3O3S/c1-25(23,24)11-4-2-10(3-5-11)20-16(22)8-21-9-19-14-6-12(17)13(18)7-15(14)21/h2-7,9H,8H2,1H3,(H,20,22). The summed E-state index contributed by atoms with van der Waals surface area (Å²) in [6.07, 6.45) is 2.41. The quantitative estimate of drug-likeness (QED) is 0.770. The maximum absolute atomic E-state index is 13.4. The first kappa shape index (κ1) is 17.0. The van der Waals surface area contributed by atoms with Crippen molar-refractivity contribution in [2.75, 3.05) is 11.6 Å². The van der Waals surface area contributed by atoms with Gasteiger partial charge in [0.15, 0.2) is 21.5 Å². The number of nitrogens with zero attached hydrogens (tertiary/aromatic N) is 2. The van der Waals surface area contributed by atoms with Crippen LogP contribution < -0.4 is 5.32 Å². The van der Waals surface area contributed by atoms with E-state index in [4.69, 9.17) is 0 Å². The van der Waals surface area contributed by atoms with Crippen molar-refractivity contribution in [1.29, 1.82) is 0 Å². The first-order chi connectivity index (χ1) is 11.7. The number of halogens is 2. The number of amides is 1. The summed E-state index contributed by atoms with van der Waals surface area (Å²) in [6.45, 7) is -0.157. The summed E-state index contributed by atoms with van der Waals surface area (Å²) in [5.74, 6) is -2.45. The Balaban J connectivity index is 1.76. The molecule has 0 radical (unpaired) electrons. The Bertz CT molecular complexity index is 1060. The van der Waals surface area contributed by atoms with E-state index in [-0.39, 0.29) is 17.0 Å². The number of imidazole rings is 1. The topological polar surface area (TPSA) is 81.1 Å². The lowest BCUT2D eigenvalue weighted by Gasteiger charge is -2.07. The molecule has 130 valence electrons. The van der Waals surface area contributed by atoms with Crippen LogP contribution in [0.15, 0.2) is 47.6 Å². The maximum Gasteiger partial charge on any atom is 0.244 e. The Morgan fingerprint density at radius 1 is 1.16 bits per heavy atom. The summed E-state index contributed by atoms with van der Waals surface area (Å²) >= 11 is 0. The third-order valence-corrected chi connectivity index (χ3v) is 4.67. The molecule has 0 bridgehead atoms.